The van der Waals surface area contributed by atoms with Gasteiger partial charge in [-0.2, -0.15) is 0 Å². The first-order valence-corrected chi connectivity index (χ1v) is 11.7. The number of pyridine rings is 1. The molecule has 8 nitrogen and oxygen atoms in total. The molecule has 180 valence electrons. The number of carbonyl (C=O) groups excluding carboxylic acids is 1. The van der Waals surface area contributed by atoms with Gasteiger partial charge < -0.3 is 15.6 Å². The van der Waals surface area contributed by atoms with E-state index < -0.39 is 0 Å². The number of nitrogens with one attached hydrogen (secondary N) is 1. The highest BCUT2D eigenvalue weighted by Gasteiger charge is 2.24. The second-order valence-corrected chi connectivity index (χ2v) is 10.2. The summed E-state index contributed by atoms with van der Waals surface area (Å²) in [5.41, 5.74) is 11.5. The molecular weight excluding hydrogens is 426 g/mol. The average molecular weight is 462 g/mol. The number of nitrogen functional groups attached to an aromatic ring is 1. The predicted molar refractivity (Wildman–Crippen MR) is 136 cm³/mol. The molecule has 0 saturated heterocycles. The van der Waals surface area contributed by atoms with Gasteiger partial charge in [0.25, 0.3) is 0 Å². The number of rotatable bonds is 5. The topological polar surface area (TPSA) is 92.3 Å². The zero-order valence-corrected chi connectivity index (χ0v) is 20.8. The third-order valence-electron chi connectivity index (χ3n) is 6.06. The van der Waals surface area contributed by atoms with Crippen LogP contribution in [0.5, 0.6) is 0 Å². The van der Waals surface area contributed by atoms with Crippen LogP contribution in [0.4, 0.5) is 16.2 Å². The molecule has 4 rings (SSSR count). The van der Waals surface area contributed by atoms with E-state index in [1.165, 1.54) is 5.56 Å². The molecule has 0 radical (unpaired) electrons. The van der Waals surface area contributed by atoms with Crippen molar-refractivity contribution in [1.82, 2.24) is 24.8 Å². The molecular formula is C26H35N7O. The first kappa shape index (κ1) is 23.8. The molecule has 2 amide bonds. The number of aromatic nitrogens is 3. The third kappa shape index (κ3) is 5.22. The van der Waals surface area contributed by atoms with Gasteiger partial charge in [-0.05, 0) is 42.2 Å². The summed E-state index contributed by atoms with van der Waals surface area (Å²) in [7, 11) is 1.65. The zero-order chi connectivity index (χ0) is 24.5. The van der Waals surface area contributed by atoms with Crippen LogP contribution in [0, 0.1) is 12.3 Å². The lowest BCUT2D eigenvalue weighted by Crippen LogP contribution is -2.43. The molecule has 0 unspecified atom stereocenters. The molecule has 0 saturated carbocycles. The Kier molecular flexibility index (Phi) is 6.61. The van der Waals surface area contributed by atoms with Gasteiger partial charge in [0.2, 0.25) is 0 Å². The minimum absolute atomic E-state index is 0.0536. The number of hydrogen-bond donors (Lipinski definition) is 2. The van der Waals surface area contributed by atoms with Crippen molar-refractivity contribution in [3.63, 3.8) is 0 Å². The maximum Gasteiger partial charge on any atom is 0.321 e. The van der Waals surface area contributed by atoms with Gasteiger partial charge in [0, 0.05) is 56.9 Å². The molecule has 0 fully saturated rings. The number of nitrogens with two attached hydrogens (primary N) is 1. The van der Waals surface area contributed by atoms with Crippen molar-refractivity contribution < 1.29 is 4.79 Å². The number of aryl methyl sites for hydroxylation is 1. The summed E-state index contributed by atoms with van der Waals surface area (Å²) in [5.74, 6) is 1.10. The fraction of sp³-hybridized carbons (Fsp3) is 0.423. The van der Waals surface area contributed by atoms with E-state index in [4.69, 9.17) is 10.7 Å². The van der Waals surface area contributed by atoms with E-state index in [-0.39, 0.29) is 11.4 Å². The largest absolute Gasteiger partial charge is 0.398 e. The second-order valence-electron chi connectivity index (χ2n) is 10.2. The molecule has 1 aliphatic heterocycles. The fourth-order valence-corrected chi connectivity index (χ4v) is 4.40. The Morgan fingerprint density at radius 3 is 2.71 bits per heavy atom. The summed E-state index contributed by atoms with van der Waals surface area (Å²) in [6, 6.07) is 9.94. The van der Waals surface area contributed by atoms with Crippen molar-refractivity contribution in [2.24, 2.45) is 5.41 Å². The van der Waals surface area contributed by atoms with E-state index in [1.807, 2.05) is 37.5 Å². The predicted octanol–water partition coefficient (Wildman–Crippen LogP) is 4.04. The number of hydrogen-bond acceptors (Lipinski definition) is 5. The van der Waals surface area contributed by atoms with Gasteiger partial charge in [0.05, 0.1) is 23.6 Å². The van der Waals surface area contributed by atoms with Crippen molar-refractivity contribution in [2.75, 3.05) is 30.8 Å². The van der Waals surface area contributed by atoms with Crippen molar-refractivity contribution in [2.45, 2.75) is 47.3 Å². The molecule has 0 bridgehead atoms. The minimum Gasteiger partial charge on any atom is -0.398 e. The summed E-state index contributed by atoms with van der Waals surface area (Å²) in [6.45, 7) is 12.5. The molecule has 8 heteroatoms. The van der Waals surface area contributed by atoms with E-state index in [0.29, 0.717) is 12.2 Å². The Labute approximate surface area is 201 Å². The average Bonchev–Trinajstić information content (AvgIpc) is 3.26. The van der Waals surface area contributed by atoms with E-state index in [1.54, 1.807) is 11.9 Å². The molecule has 1 aliphatic rings. The van der Waals surface area contributed by atoms with Crippen LogP contribution in [0.2, 0.25) is 0 Å². The Balaban J connectivity index is 1.58. The minimum atomic E-state index is -0.142. The SMILES string of the molecule is CNC(=O)N(CC(C)(C)C)c1ccc(-c2cc(CN3CCn4ccnc4C3)ccc2N)nc1C. The normalized spacial score (nSPS) is 14.0. The van der Waals surface area contributed by atoms with Gasteiger partial charge in [0.1, 0.15) is 5.82 Å². The first-order valence-electron chi connectivity index (χ1n) is 11.7. The summed E-state index contributed by atoms with van der Waals surface area (Å²) < 4.78 is 2.21. The highest BCUT2D eigenvalue weighted by Crippen LogP contribution is 2.31. The highest BCUT2D eigenvalue weighted by atomic mass is 16.2. The summed E-state index contributed by atoms with van der Waals surface area (Å²) in [6.07, 6.45) is 3.91. The lowest BCUT2D eigenvalue weighted by atomic mass is 9.95. The zero-order valence-electron chi connectivity index (χ0n) is 20.8. The second kappa shape index (κ2) is 9.46. The van der Waals surface area contributed by atoms with E-state index in [0.717, 1.165) is 54.6 Å². The first-order chi connectivity index (χ1) is 16.1. The number of urea groups is 1. The van der Waals surface area contributed by atoms with Crippen LogP contribution in [0.25, 0.3) is 11.3 Å². The maximum atomic E-state index is 12.6. The Morgan fingerprint density at radius 2 is 2.00 bits per heavy atom. The molecule has 3 heterocycles. The number of benzene rings is 1. The smallest absolute Gasteiger partial charge is 0.321 e. The number of anilines is 2. The van der Waals surface area contributed by atoms with Crippen LogP contribution in [0.3, 0.4) is 0 Å². The molecule has 1 aromatic carbocycles. The standard InChI is InChI=1S/C26H35N7O/c1-18-23(33(25(34)28-5)17-26(2,3)4)9-8-22(30-18)20-14-19(6-7-21(20)27)15-31-12-13-32-11-10-29-24(32)16-31/h6-11,14H,12-13,15-17,27H2,1-5H3,(H,28,34). The molecule has 0 atom stereocenters. The molecule has 2 aromatic heterocycles. The van der Waals surface area contributed by atoms with Gasteiger partial charge in [-0.15, -0.1) is 0 Å². The quantitative estimate of drug-likeness (QED) is 0.560. The maximum absolute atomic E-state index is 12.6. The summed E-state index contributed by atoms with van der Waals surface area (Å²) in [4.78, 5) is 26.1. The Bertz CT molecular complexity index is 1180. The number of fused-ring (bicyclic) bond motifs is 1. The van der Waals surface area contributed by atoms with Crippen LogP contribution in [-0.2, 0) is 19.6 Å². The van der Waals surface area contributed by atoms with Crippen molar-refractivity contribution in [3.05, 3.63) is 59.8 Å². The van der Waals surface area contributed by atoms with Crippen LogP contribution < -0.4 is 16.0 Å². The van der Waals surface area contributed by atoms with Crippen molar-refractivity contribution in [3.8, 4) is 11.3 Å². The van der Waals surface area contributed by atoms with Crippen LogP contribution in [0.1, 0.15) is 37.9 Å². The van der Waals surface area contributed by atoms with Gasteiger partial charge >= 0.3 is 6.03 Å². The van der Waals surface area contributed by atoms with Gasteiger partial charge in [-0.25, -0.2) is 9.78 Å². The third-order valence-corrected chi connectivity index (χ3v) is 6.06. The number of amides is 2. The van der Waals surface area contributed by atoms with Crippen LogP contribution in [-0.4, -0.2) is 45.6 Å². The number of imidazole rings is 1. The summed E-state index contributed by atoms with van der Waals surface area (Å²) >= 11 is 0. The van der Waals surface area contributed by atoms with Gasteiger partial charge in [0.15, 0.2) is 0 Å². The molecule has 3 N–H and O–H groups in total. The highest BCUT2D eigenvalue weighted by molar-refractivity contribution is 5.92. The lowest BCUT2D eigenvalue weighted by Gasteiger charge is -2.30. The van der Waals surface area contributed by atoms with E-state index in [9.17, 15) is 4.79 Å². The van der Waals surface area contributed by atoms with Gasteiger partial charge in [-0.3, -0.25) is 14.8 Å². The number of nitrogens with zero attached hydrogens (tertiary/aromatic N) is 5. The lowest BCUT2D eigenvalue weighted by molar-refractivity contribution is 0.209. The molecule has 34 heavy (non-hydrogen) atoms. The van der Waals surface area contributed by atoms with Crippen molar-refractivity contribution >= 4 is 17.4 Å². The van der Waals surface area contributed by atoms with Crippen molar-refractivity contribution in [1.29, 1.82) is 0 Å². The van der Waals surface area contributed by atoms with Gasteiger partial charge in [-0.1, -0.05) is 26.8 Å². The number of carbonyl (C=O) groups is 1. The van der Waals surface area contributed by atoms with E-state index >= 15 is 0 Å². The monoisotopic (exact) mass is 461 g/mol. The Hall–Kier alpha value is -3.39. The molecule has 3 aromatic rings. The van der Waals surface area contributed by atoms with Crippen LogP contribution >= 0.6 is 0 Å². The Morgan fingerprint density at radius 1 is 1.21 bits per heavy atom. The summed E-state index contributed by atoms with van der Waals surface area (Å²) in [5, 5.41) is 2.75. The molecule has 0 aliphatic carbocycles. The fourth-order valence-electron chi connectivity index (χ4n) is 4.40. The van der Waals surface area contributed by atoms with E-state index in [2.05, 4.69) is 52.7 Å². The van der Waals surface area contributed by atoms with Crippen LogP contribution in [0.15, 0.2) is 42.7 Å². The molecule has 0 spiro atoms.